The molecule has 2 aromatic carbocycles. The molecule has 2 amide bonds. The van der Waals surface area contributed by atoms with Gasteiger partial charge in [-0.1, -0.05) is 30.3 Å². The lowest BCUT2D eigenvalue weighted by atomic mass is 10.2. The van der Waals surface area contributed by atoms with E-state index in [0.29, 0.717) is 5.69 Å². The molecule has 0 radical (unpaired) electrons. The number of halogens is 1. The molecule has 0 bridgehead atoms. The van der Waals surface area contributed by atoms with E-state index in [2.05, 4.69) is 15.8 Å². The highest BCUT2D eigenvalue weighted by Gasteiger charge is 2.07. The van der Waals surface area contributed by atoms with Gasteiger partial charge in [-0.25, -0.2) is 9.82 Å². The molecule has 5 nitrogen and oxygen atoms in total. The van der Waals surface area contributed by atoms with Crippen molar-refractivity contribution in [1.29, 1.82) is 0 Å². The van der Waals surface area contributed by atoms with E-state index in [0.717, 1.165) is 5.56 Å². The van der Waals surface area contributed by atoms with Crippen molar-refractivity contribution in [3.8, 4) is 0 Å². The van der Waals surface area contributed by atoms with Gasteiger partial charge in [0.1, 0.15) is 5.82 Å². The van der Waals surface area contributed by atoms with Crippen LogP contribution >= 0.6 is 0 Å². The van der Waals surface area contributed by atoms with Gasteiger partial charge in [-0.05, 0) is 30.7 Å². The van der Waals surface area contributed by atoms with Gasteiger partial charge in [-0.2, -0.15) is 5.10 Å². The molecule has 0 unspecified atom stereocenters. The first-order valence-electron chi connectivity index (χ1n) is 7.47. The van der Waals surface area contributed by atoms with E-state index in [1.807, 2.05) is 25.1 Å². The van der Waals surface area contributed by atoms with E-state index in [-0.39, 0.29) is 24.3 Å². The normalized spacial score (nSPS) is 10.6. The number of rotatable bonds is 6. The Morgan fingerprint density at radius 3 is 2.58 bits per heavy atom. The maximum Gasteiger partial charge on any atom is 0.240 e. The SMILES string of the molecule is Cc1cccc(NC(=O)CCC(=O)N/N=C\c2ccccc2F)c1. The molecule has 0 heterocycles. The molecule has 24 heavy (non-hydrogen) atoms. The van der Waals surface area contributed by atoms with Crippen molar-refractivity contribution < 1.29 is 14.0 Å². The number of hydrogen-bond acceptors (Lipinski definition) is 3. The number of anilines is 1. The molecule has 2 N–H and O–H groups in total. The second-order valence-corrected chi connectivity index (χ2v) is 5.23. The maximum absolute atomic E-state index is 13.3. The van der Waals surface area contributed by atoms with E-state index >= 15 is 0 Å². The predicted octanol–water partition coefficient (Wildman–Crippen LogP) is 3.00. The first-order chi connectivity index (χ1) is 11.5. The first-order valence-corrected chi connectivity index (χ1v) is 7.47. The van der Waals surface area contributed by atoms with Crippen LogP contribution in [0.25, 0.3) is 0 Å². The average molecular weight is 327 g/mol. The van der Waals surface area contributed by atoms with E-state index in [1.54, 1.807) is 24.3 Å². The molecule has 0 saturated carbocycles. The van der Waals surface area contributed by atoms with Gasteiger partial charge in [0.25, 0.3) is 0 Å². The summed E-state index contributed by atoms with van der Waals surface area (Å²) >= 11 is 0. The van der Waals surface area contributed by atoms with Crippen LogP contribution in [0.1, 0.15) is 24.0 Å². The predicted molar refractivity (Wildman–Crippen MR) is 91.2 cm³/mol. The molecule has 0 aromatic heterocycles. The summed E-state index contributed by atoms with van der Waals surface area (Å²) in [5.74, 6) is -1.09. The van der Waals surface area contributed by atoms with Crippen LogP contribution in [0, 0.1) is 12.7 Å². The molecule has 0 aliphatic carbocycles. The molecule has 2 aromatic rings. The fraction of sp³-hybridized carbons (Fsp3) is 0.167. The number of nitrogens with one attached hydrogen (secondary N) is 2. The van der Waals surface area contributed by atoms with Crippen molar-refractivity contribution in [2.45, 2.75) is 19.8 Å². The van der Waals surface area contributed by atoms with Crippen LogP contribution in [0.2, 0.25) is 0 Å². The van der Waals surface area contributed by atoms with Crippen LogP contribution in [0.15, 0.2) is 53.6 Å². The van der Waals surface area contributed by atoms with Crippen molar-refractivity contribution in [1.82, 2.24) is 5.43 Å². The van der Waals surface area contributed by atoms with Gasteiger partial charge in [-0.15, -0.1) is 0 Å². The molecular formula is C18H18FN3O2. The Labute approximate surface area is 139 Å². The lowest BCUT2D eigenvalue weighted by Crippen LogP contribution is -2.20. The molecule has 0 atom stereocenters. The standard InChI is InChI=1S/C18H18FN3O2/c1-13-5-4-7-15(11-13)21-17(23)9-10-18(24)22-20-12-14-6-2-3-8-16(14)19/h2-8,11-12H,9-10H2,1H3,(H,21,23)(H,22,24)/b20-12-. The number of carbonyl (C=O) groups is 2. The lowest BCUT2D eigenvalue weighted by Gasteiger charge is -2.05. The van der Waals surface area contributed by atoms with Gasteiger partial charge in [0.15, 0.2) is 0 Å². The Morgan fingerprint density at radius 1 is 1.08 bits per heavy atom. The van der Waals surface area contributed by atoms with Gasteiger partial charge in [0, 0.05) is 24.1 Å². The zero-order valence-corrected chi connectivity index (χ0v) is 13.3. The van der Waals surface area contributed by atoms with Crippen LogP contribution in [0.3, 0.4) is 0 Å². The molecule has 6 heteroatoms. The zero-order valence-electron chi connectivity index (χ0n) is 13.3. The molecule has 0 spiro atoms. The number of amides is 2. The Balaban J connectivity index is 1.75. The summed E-state index contributed by atoms with van der Waals surface area (Å²) in [7, 11) is 0. The minimum absolute atomic E-state index is 0.00768. The highest BCUT2D eigenvalue weighted by atomic mass is 19.1. The summed E-state index contributed by atoms with van der Waals surface area (Å²) in [6, 6.07) is 13.5. The smallest absolute Gasteiger partial charge is 0.240 e. The molecule has 0 saturated heterocycles. The van der Waals surface area contributed by atoms with Gasteiger partial charge >= 0.3 is 0 Å². The number of hydrazone groups is 1. The number of nitrogens with zero attached hydrogens (tertiary/aromatic N) is 1. The van der Waals surface area contributed by atoms with Crippen LogP contribution in [-0.4, -0.2) is 18.0 Å². The lowest BCUT2D eigenvalue weighted by molar-refractivity contribution is -0.124. The van der Waals surface area contributed by atoms with E-state index in [4.69, 9.17) is 0 Å². The average Bonchev–Trinajstić information content (AvgIpc) is 2.55. The molecule has 124 valence electrons. The number of benzene rings is 2. The summed E-state index contributed by atoms with van der Waals surface area (Å²) in [5, 5.41) is 6.40. The van der Waals surface area contributed by atoms with Gasteiger partial charge in [-0.3, -0.25) is 9.59 Å². The van der Waals surface area contributed by atoms with Gasteiger partial charge in [0.2, 0.25) is 11.8 Å². The third kappa shape index (κ3) is 5.64. The quantitative estimate of drug-likeness (QED) is 0.632. The maximum atomic E-state index is 13.3. The van der Waals surface area contributed by atoms with Crippen LogP contribution in [-0.2, 0) is 9.59 Å². The number of carbonyl (C=O) groups excluding carboxylic acids is 2. The summed E-state index contributed by atoms with van der Waals surface area (Å²) in [5.41, 5.74) is 4.27. The van der Waals surface area contributed by atoms with Crippen LogP contribution in [0.4, 0.5) is 10.1 Å². The Kier molecular flexibility index (Phi) is 6.19. The summed E-state index contributed by atoms with van der Waals surface area (Å²) in [6.07, 6.45) is 1.25. The van der Waals surface area contributed by atoms with Gasteiger partial charge < -0.3 is 5.32 Å². The third-order valence-electron chi connectivity index (χ3n) is 3.18. The molecule has 0 aliphatic heterocycles. The Hall–Kier alpha value is -3.02. The molecule has 0 aliphatic rings. The minimum Gasteiger partial charge on any atom is -0.326 e. The van der Waals surface area contributed by atoms with Crippen LogP contribution < -0.4 is 10.7 Å². The van der Waals surface area contributed by atoms with Crippen molar-refractivity contribution in [3.05, 3.63) is 65.5 Å². The number of hydrogen-bond donors (Lipinski definition) is 2. The third-order valence-corrected chi connectivity index (χ3v) is 3.18. The van der Waals surface area contributed by atoms with Crippen molar-refractivity contribution in [3.63, 3.8) is 0 Å². The Morgan fingerprint density at radius 2 is 1.83 bits per heavy atom. The van der Waals surface area contributed by atoms with E-state index in [1.165, 1.54) is 12.3 Å². The minimum atomic E-state index is -0.423. The second-order valence-electron chi connectivity index (χ2n) is 5.23. The summed E-state index contributed by atoms with van der Waals surface area (Å²) in [4.78, 5) is 23.4. The topological polar surface area (TPSA) is 70.6 Å². The van der Waals surface area contributed by atoms with E-state index < -0.39 is 11.7 Å². The highest BCUT2D eigenvalue weighted by Crippen LogP contribution is 2.10. The van der Waals surface area contributed by atoms with E-state index in [9.17, 15) is 14.0 Å². The molecule has 2 rings (SSSR count). The highest BCUT2D eigenvalue weighted by molar-refractivity contribution is 5.93. The monoisotopic (exact) mass is 327 g/mol. The summed E-state index contributed by atoms with van der Waals surface area (Å²) < 4.78 is 13.3. The second kappa shape index (κ2) is 8.57. The fourth-order valence-electron chi connectivity index (χ4n) is 1.98. The Bertz CT molecular complexity index is 759. The molecular weight excluding hydrogens is 309 g/mol. The fourth-order valence-corrected chi connectivity index (χ4v) is 1.98. The van der Waals surface area contributed by atoms with Crippen LogP contribution in [0.5, 0.6) is 0 Å². The van der Waals surface area contributed by atoms with Crippen molar-refractivity contribution >= 4 is 23.7 Å². The largest absolute Gasteiger partial charge is 0.326 e. The zero-order chi connectivity index (χ0) is 17.4. The first kappa shape index (κ1) is 17.3. The number of aryl methyl sites for hydroxylation is 1. The van der Waals surface area contributed by atoms with Crippen molar-refractivity contribution in [2.75, 3.05) is 5.32 Å². The molecule has 0 fully saturated rings. The van der Waals surface area contributed by atoms with Crippen molar-refractivity contribution in [2.24, 2.45) is 5.10 Å². The summed E-state index contributed by atoms with van der Waals surface area (Å²) in [6.45, 7) is 1.93. The van der Waals surface area contributed by atoms with Gasteiger partial charge in [0.05, 0.1) is 6.21 Å².